The number of nitrogens with zero attached hydrogens (tertiary/aromatic N) is 1. The zero-order valence-electron chi connectivity index (χ0n) is 12.7. The summed E-state index contributed by atoms with van der Waals surface area (Å²) in [5, 5.41) is 0. The first-order valence-corrected chi connectivity index (χ1v) is 7.25. The Morgan fingerprint density at radius 1 is 1.21 bits per heavy atom. The number of ether oxygens (including phenoxy) is 1. The molecule has 0 bridgehead atoms. The van der Waals surface area contributed by atoms with E-state index in [0.29, 0.717) is 12.6 Å². The van der Waals surface area contributed by atoms with Crippen molar-refractivity contribution in [1.29, 1.82) is 0 Å². The molecule has 3 heteroatoms. The lowest BCUT2D eigenvalue weighted by atomic mass is 10.1. The van der Waals surface area contributed by atoms with Gasteiger partial charge in [-0.3, -0.25) is 4.90 Å². The van der Waals surface area contributed by atoms with Gasteiger partial charge in [-0.05, 0) is 51.6 Å². The van der Waals surface area contributed by atoms with Crippen LogP contribution in [0.2, 0.25) is 0 Å². The molecule has 0 fully saturated rings. The lowest BCUT2D eigenvalue weighted by molar-refractivity contribution is 0.239. The summed E-state index contributed by atoms with van der Waals surface area (Å²) in [5.74, 6) is 0.922. The molecule has 0 aromatic heterocycles. The SMILES string of the molecule is CCCCN(C)C(CN)c1ccc(OC(C)C)cc1. The second-order valence-corrected chi connectivity index (χ2v) is 5.32. The highest BCUT2D eigenvalue weighted by molar-refractivity contribution is 5.29. The van der Waals surface area contributed by atoms with Crippen molar-refractivity contribution in [3.8, 4) is 5.75 Å². The molecule has 0 aliphatic carbocycles. The van der Waals surface area contributed by atoms with Crippen molar-refractivity contribution in [2.75, 3.05) is 20.1 Å². The second-order valence-electron chi connectivity index (χ2n) is 5.32. The maximum Gasteiger partial charge on any atom is 0.119 e. The molecule has 0 aliphatic heterocycles. The number of unbranched alkanes of at least 4 members (excludes halogenated alkanes) is 1. The van der Waals surface area contributed by atoms with E-state index in [-0.39, 0.29) is 6.10 Å². The quantitative estimate of drug-likeness (QED) is 0.783. The van der Waals surface area contributed by atoms with Crippen molar-refractivity contribution in [1.82, 2.24) is 4.90 Å². The van der Waals surface area contributed by atoms with Crippen molar-refractivity contribution < 1.29 is 4.74 Å². The van der Waals surface area contributed by atoms with Crippen LogP contribution in [-0.2, 0) is 0 Å². The van der Waals surface area contributed by atoms with Crippen molar-refractivity contribution in [2.24, 2.45) is 5.73 Å². The Balaban J connectivity index is 2.70. The minimum Gasteiger partial charge on any atom is -0.491 e. The Kier molecular flexibility index (Phi) is 6.89. The lowest BCUT2D eigenvalue weighted by Gasteiger charge is -2.27. The Morgan fingerprint density at radius 3 is 2.32 bits per heavy atom. The molecule has 1 unspecified atom stereocenters. The van der Waals surface area contributed by atoms with Crippen LogP contribution in [0.5, 0.6) is 5.75 Å². The molecule has 1 aromatic rings. The van der Waals surface area contributed by atoms with Gasteiger partial charge in [-0.2, -0.15) is 0 Å². The third-order valence-corrected chi connectivity index (χ3v) is 3.26. The summed E-state index contributed by atoms with van der Waals surface area (Å²) in [4.78, 5) is 2.34. The first-order chi connectivity index (χ1) is 9.08. The molecule has 0 amide bonds. The Hall–Kier alpha value is -1.06. The average Bonchev–Trinajstić information content (AvgIpc) is 2.38. The maximum atomic E-state index is 5.92. The molecule has 0 spiro atoms. The molecule has 2 N–H and O–H groups in total. The zero-order chi connectivity index (χ0) is 14.3. The number of nitrogens with two attached hydrogens (primary N) is 1. The van der Waals surface area contributed by atoms with Crippen LogP contribution < -0.4 is 10.5 Å². The predicted molar refractivity (Wildman–Crippen MR) is 81.5 cm³/mol. The minimum atomic E-state index is 0.211. The van der Waals surface area contributed by atoms with Gasteiger partial charge < -0.3 is 10.5 Å². The smallest absolute Gasteiger partial charge is 0.119 e. The fourth-order valence-corrected chi connectivity index (χ4v) is 2.17. The molecule has 0 radical (unpaired) electrons. The number of hydrogen-bond acceptors (Lipinski definition) is 3. The van der Waals surface area contributed by atoms with Crippen LogP contribution in [0.1, 0.15) is 45.2 Å². The van der Waals surface area contributed by atoms with E-state index >= 15 is 0 Å². The molecular formula is C16H28N2O. The lowest BCUT2D eigenvalue weighted by Crippen LogP contribution is -2.31. The summed E-state index contributed by atoms with van der Waals surface area (Å²) < 4.78 is 5.66. The molecule has 19 heavy (non-hydrogen) atoms. The van der Waals surface area contributed by atoms with Gasteiger partial charge in [-0.15, -0.1) is 0 Å². The van der Waals surface area contributed by atoms with Crippen molar-refractivity contribution in [3.63, 3.8) is 0 Å². The van der Waals surface area contributed by atoms with Crippen molar-refractivity contribution >= 4 is 0 Å². The van der Waals surface area contributed by atoms with E-state index in [0.717, 1.165) is 12.3 Å². The summed E-state index contributed by atoms with van der Waals surface area (Å²) in [7, 11) is 2.14. The monoisotopic (exact) mass is 264 g/mol. The first-order valence-electron chi connectivity index (χ1n) is 7.25. The van der Waals surface area contributed by atoms with Gasteiger partial charge in [-0.25, -0.2) is 0 Å². The van der Waals surface area contributed by atoms with Crippen molar-refractivity contribution in [3.05, 3.63) is 29.8 Å². The van der Waals surface area contributed by atoms with Gasteiger partial charge in [0.2, 0.25) is 0 Å². The van der Waals surface area contributed by atoms with Crippen LogP contribution in [0.15, 0.2) is 24.3 Å². The van der Waals surface area contributed by atoms with Crippen LogP contribution >= 0.6 is 0 Å². The number of likely N-dealkylation sites (N-methyl/N-ethyl adjacent to an activating group) is 1. The topological polar surface area (TPSA) is 38.5 Å². The van der Waals surface area contributed by atoms with E-state index in [2.05, 4.69) is 31.0 Å². The van der Waals surface area contributed by atoms with Gasteiger partial charge >= 0.3 is 0 Å². The Morgan fingerprint density at radius 2 is 1.84 bits per heavy atom. The summed E-state index contributed by atoms with van der Waals surface area (Å²) in [6.45, 7) is 8.01. The molecule has 0 aliphatic rings. The minimum absolute atomic E-state index is 0.211. The van der Waals surface area contributed by atoms with E-state index in [1.807, 2.05) is 26.0 Å². The summed E-state index contributed by atoms with van der Waals surface area (Å²) in [5.41, 5.74) is 7.18. The van der Waals surface area contributed by atoms with Crippen LogP contribution in [0, 0.1) is 0 Å². The molecule has 0 saturated carbocycles. The fraction of sp³-hybridized carbons (Fsp3) is 0.625. The molecule has 1 atom stereocenters. The Labute approximate surface area is 117 Å². The number of rotatable bonds is 8. The summed E-state index contributed by atoms with van der Waals surface area (Å²) >= 11 is 0. The second kappa shape index (κ2) is 8.18. The van der Waals surface area contributed by atoms with Crippen LogP contribution in [0.4, 0.5) is 0 Å². The van der Waals surface area contributed by atoms with E-state index in [1.54, 1.807) is 0 Å². The van der Waals surface area contributed by atoms with E-state index in [4.69, 9.17) is 10.5 Å². The van der Waals surface area contributed by atoms with Crippen molar-refractivity contribution in [2.45, 2.75) is 45.8 Å². The van der Waals surface area contributed by atoms with Gasteiger partial charge in [-0.1, -0.05) is 25.5 Å². The van der Waals surface area contributed by atoms with Gasteiger partial charge in [0.15, 0.2) is 0 Å². The molecular weight excluding hydrogens is 236 g/mol. The number of benzene rings is 1. The standard InChI is InChI=1S/C16H28N2O/c1-5-6-11-18(4)16(12-17)14-7-9-15(10-8-14)19-13(2)3/h7-10,13,16H,5-6,11-12,17H2,1-4H3. The van der Waals surface area contributed by atoms with Gasteiger partial charge in [0, 0.05) is 12.6 Å². The fourth-order valence-electron chi connectivity index (χ4n) is 2.17. The van der Waals surface area contributed by atoms with Gasteiger partial charge in [0.1, 0.15) is 5.75 Å². The third kappa shape index (κ3) is 5.21. The summed E-state index contributed by atoms with van der Waals surface area (Å²) in [6, 6.07) is 8.60. The molecule has 1 rings (SSSR count). The molecule has 0 saturated heterocycles. The van der Waals surface area contributed by atoms with Gasteiger partial charge in [0.25, 0.3) is 0 Å². The largest absolute Gasteiger partial charge is 0.491 e. The Bertz CT molecular complexity index is 348. The van der Waals surface area contributed by atoms with Gasteiger partial charge in [0.05, 0.1) is 6.10 Å². The highest BCUT2D eigenvalue weighted by Gasteiger charge is 2.14. The zero-order valence-corrected chi connectivity index (χ0v) is 12.7. The van der Waals surface area contributed by atoms with Crippen LogP contribution in [0.3, 0.4) is 0 Å². The molecule has 1 aromatic carbocycles. The highest BCUT2D eigenvalue weighted by atomic mass is 16.5. The first kappa shape index (κ1) is 16.0. The van der Waals surface area contributed by atoms with E-state index in [9.17, 15) is 0 Å². The third-order valence-electron chi connectivity index (χ3n) is 3.26. The van der Waals surface area contributed by atoms with Crippen LogP contribution in [0.25, 0.3) is 0 Å². The molecule has 3 nitrogen and oxygen atoms in total. The molecule has 0 heterocycles. The van der Waals surface area contributed by atoms with E-state index in [1.165, 1.54) is 18.4 Å². The number of hydrogen-bond donors (Lipinski definition) is 1. The highest BCUT2D eigenvalue weighted by Crippen LogP contribution is 2.22. The summed E-state index contributed by atoms with van der Waals surface area (Å²) in [6.07, 6.45) is 2.63. The normalized spacial score (nSPS) is 13.0. The predicted octanol–water partition coefficient (Wildman–Crippen LogP) is 3.21. The van der Waals surface area contributed by atoms with E-state index < -0.39 is 0 Å². The maximum absolute atomic E-state index is 5.92. The average molecular weight is 264 g/mol. The molecule has 108 valence electrons. The van der Waals surface area contributed by atoms with Crippen LogP contribution in [-0.4, -0.2) is 31.1 Å².